The Hall–Kier alpha value is -2.37. The van der Waals surface area contributed by atoms with E-state index in [0.29, 0.717) is 18.6 Å². The highest BCUT2D eigenvalue weighted by Gasteiger charge is 2.23. The average molecular weight is 287 g/mol. The number of hydrazone groups is 1. The molecule has 0 saturated heterocycles. The molecule has 1 aromatic rings. The van der Waals surface area contributed by atoms with Gasteiger partial charge in [-0.25, -0.2) is 5.01 Å². The topological polar surface area (TPSA) is 71.0 Å². The zero-order valence-corrected chi connectivity index (χ0v) is 12.0. The van der Waals surface area contributed by atoms with Crippen molar-refractivity contribution in [2.75, 3.05) is 12.4 Å². The molecule has 0 aromatic heterocycles. The second-order valence-corrected chi connectivity index (χ2v) is 5.37. The summed E-state index contributed by atoms with van der Waals surface area (Å²) in [6.45, 7) is 2.02. The number of fused-ring (bicyclic) bond motifs is 1. The molecule has 110 valence electrons. The van der Waals surface area contributed by atoms with E-state index >= 15 is 0 Å². The van der Waals surface area contributed by atoms with E-state index in [-0.39, 0.29) is 17.9 Å². The van der Waals surface area contributed by atoms with E-state index in [1.165, 1.54) is 5.01 Å². The van der Waals surface area contributed by atoms with Crippen LogP contribution in [0, 0.1) is 0 Å². The highest BCUT2D eigenvalue weighted by atomic mass is 16.5. The molecule has 3 rings (SSSR count). The first-order valence-electron chi connectivity index (χ1n) is 6.98. The van der Waals surface area contributed by atoms with Crippen LogP contribution in [0.2, 0.25) is 0 Å². The lowest BCUT2D eigenvalue weighted by atomic mass is 10.1. The van der Waals surface area contributed by atoms with Crippen LogP contribution in [0.3, 0.4) is 0 Å². The Morgan fingerprint density at radius 3 is 3.00 bits per heavy atom. The Labute approximate surface area is 122 Å². The number of hydrogen-bond donors (Lipinski definition) is 1. The number of nitrogens with one attached hydrogen (secondary N) is 1. The normalized spacial score (nSPS) is 20.7. The van der Waals surface area contributed by atoms with E-state index in [1.807, 2.05) is 25.1 Å². The fourth-order valence-electron chi connectivity index (χ4n) is 2.54. The van der Waals surface area contributed by atoms with Gasteiger partial charge in [-0.15, -0.1) is 0 Å². The van der Waals surface area contributed by atoms with Gasteiger partial charge in [-0.1, -0.05) is 0 Å². The monoisotopic (exact) mass is 287 g/mol. The van der Waals surface area contributed by atoms with Crippen molar-refractivity contribution in [3.05, 3.63) is 23.8 Å². The number of hydrogen-bond acceptors (Lipinski definition) is 4. The molecule has 1 aromatic carbocycles. The van der Waals surface area contributed by atoms with Crippen molar-refractivity contribution >= 4 is 23.2 Å². The van der Waals surface area contributed by atoms with Gasteiger partial charge in [0.15, 0.2) is 0 Å². The Balaban J connectivity index is 1.73. The van der Waals surface area contributed by atoms with Crippen LogP contribution in [-0.2, 0) is 16.0 Å². The first-order valence-corrected chi connectivity index (χ1v) is 6.98. The van der Waals surface area contributed by atoms with Gasteiger partial charge >= 0.3 is 0 Å². The fraction of sp³-hybridized carbons (Fsp3) is 0.400. The second kappa shape index (κ2) is 5.20. The SMILES string of the molecule is CC1Cc2cc(NC(=O)C3=NN(C)C(=O)CC3)ccc2O1. The van der Waals surface area contributed by atoms with Crippen molar-refractivity contribution < 1.29 is 14.3 Å². The fourth-order valence-corrected chi connectivity index (χ4v) is 2.54. The maximum absolute atomic E-state index is 12.2. The molecule has 1 N–H and O–H groups in total. The zero-order valence-electron chi connectivity index (χ0n) is 12.0. The molecular weight excluding hydrogens is 270 g/mol. The molecule has 6 nitrogen and oxygen atoms in total. The van der Waals surface area contributed by atoms with E-state index in [4.69, 9.17) is 4.74 Å². The molecule has 0 spiro atoms. The van der Waals surface area contributed by atoms with Crippen molar-refractivity contribution in [3.8, 4) is 5.75 Å². The summed E-state index contributed by atoms with van der Waals surface area (Å²) in [5, 5.41) is 8.05. The lowest BCUT2D eigenvalue weighted by Crippen LogP contribution is -2.34. The predicted molar refractivity (Wildman–Crippen MR) is 78.3 cm³/mol. The molecular formula is C15H17N3O3. The van der Waals surface area contributed by atoms with Crippen LogP contribution in [0.4, 0.5) is 5.69 Å². The molecule has 2 aliphatic heterocycles. The Kier molecular flexibility index (Phi) is 3.37. The predicted octanol–water partition coefficient (Wildman–Crippen LogP) is 1.56. The van der Waals surface area contributed by atoms with E-state index < -0.39 is 0 Å². The maximum atomic E-state index is 12.2. The quantitative estimate of drug-likeness (QED) is 0.897. The third-order valence-electron chi connectivity index (χ3n) is 3.62. The van der Waals surface area contributed by atoms with Crippen LogP contribution < -0.4 is 10.1 Å². The zero-order chi connectivity index (χ0) is 15.0. The highest BCUT2D eigenvalue weighted by molar-refractivity contribution is 6.43. The largest absolute Gasteiger partial charge is 0.490 e. The smallest absolute Gasteiger partial charge is 0.271 e. The van der Waals surface area contributed by atoms with Crippen molar-refractivity contribution in [3.63, 3.8) is 0 Å². The third kappa shape index (κ3) is 2.74. The minimum absolute atomic E-state index is 0.0739. The van der Waals surface area contributed by atoms with Crippen molar-refractivity contribution in [2.45, 2.75) is 32.3 Å². The van der Waals surface area contributed by atoms with Crippen LogP contribution in [-0.4, -0.2) is 35.7 Å². The van der Waals surface area contributed by atoms with Gasteiger partial charge in [0, 0.05) is 32.0 Å². The first-order chi connectivity index (χ1) is 10.0. The number of benzene rings is 1. The highest BCUT2D eigenvalue weighted by Crippen LogP contribution is 2.31. The molecule has 21 heavy (non-hydrogen) atoms. The standard InChI is InChI=1S/C15H17N3O3/c1-9-7-10-8-11(3-5-13(10)21-9)16-15(20)12-4-6-14(19)18(2)17-12/h3,5,8-9H,4,6-7H2,1-2H3,(H,16,20). The molecule has 0 radical (unpaired) electrons. The third-order valence-corrected chi connectivity index (χ3v) is 3.62. The van der Waals surface area contributed by atoms with E-state index in [9.17, 15) is 9.59 Å². The van der Waals surface area contributed by atoms with Gasteiger partial charge in [0.25, 0.3) is 5.91 Å². The lowest BCUT2D eigenvalue weighted by molar-refractivity contribution is -0.130. The van der Waals surface area contributed by atoms with Gasteiger partial charge in [-0.2, -0.15) is 5.10 Å². The van der Waals surface area contributed by atoms with Gasteiger partial charge in [0.05, 0.1) is 0 Å². The Bertz CT molecular complexity index is 639. The molecule has 0 saturated carbocycles. The molecule has 0 aliphatic carbocycles. The summed E-state index contributed by atoms with van der Waals surface area (Å²) in [4.78, 5) is 23.5. The van der Waals surface area contributed by atoms with E-state index in [0.717, 1.165) is 23.4 Å². The summed E-state index contributed by atoms with van der Waals surface area (Å²) in [7, 11) is 1.56. The van der Waals surface area contributed by atoms with Crippen LogP contribution >= 0.6 is 0 Å². The molecule has 0 bridgehead atoms. The minimum Gasteiger partial charge on any atom is -0.490 e. The summed E-state index contributed by atoms with van der Waals surface area (Å²) in [5.74, 6) is 0.539. The summed E-state index contributed by atoms with van der Waals surface area (Å²) in [6.07, 6.45) is 1.71. The Morgan fingerprint density at radius 2 is 2.24 bits per heavy atom. The van der Waals surface area contributed by atoms with Crippen molar-refractivity contribution in [1.82, 2.24) is 5.01 Å². The molecule has 2 aliphatic rings. The summed E-state index contributed by atoms with van der Waals surface area (Å²) in [5.41, 5.74) is 2.19. The van der Waals surface area contributed by atoms with Gasteiger partial charge in [-0.05, 0) is 30.7 Å². The molecule has 1 atom stereocenters. The molecule has 1 unspecified atom stereocenters. The van der Waals surface area contributed by atoms with Gasteiger partial charge < -0.3 is 10.1 Å². The lowest BCUT2D eigenvalue weighted by Gasteiger charge is -2.19. The van der Waals surface area contributed by atoms with Crippen molar-refractivity contribution in [2.24, 2.45) is 5.10 Å². The summed E-state index contributed by atoms with van der Waals surface area (Å²) in [6, 6.07) is 5.61. The van der Waals surface area contributed by atoms with Crippen LogP contribution in [0.25, 0.3) is 0 Å². The number of nitrogens with zero attached hydrogens (tertiary/aromatic N) is 2. The maximum Gasteiger partial charge on any atom is 0.271 e. The number of ether oxygens (including phenoxy) is 1. The number of carbonyl (C=O) groups is 2. The van der Waals surface area contributed by atoms with E-state index in [1.54, 1.807) is 7.05 Å². The Morgan fingerprint density at radius 1 is 1.43 bits per heavy atom. The number of anilines is 1. The van der Waals surface area contributed by atoms with Crippen molar-refractivity contribution in [1.29, 1.82) is 0 Å². The molecule has 2 heterocycles. The van der Waals surface area contributed by atoms with Gasteiger partial charge in [0.1, 0.15) is 17.6 Å². The number of rotatable bonds is 2. The van der Waals surface area contributed by atoms with Gasteiger partial charge in [0.2, 0.25) is 5.91 Å². The summed E-state index contributed by atoms with van der Waals surface area (Å²) < 4.78 is 5.63. The molecule has 6 heteroatoms. The molecule has 2 amide bonds. The van der Waals surface area contributed by atoms with E-state index in [2.05, 4.69) is 10.4 Å². The first kappa shape index (κ1) is 13.6. The van der Waals surface area contributed by atoms with Gasteiger partial charge in [-0.3, -0.25) is 9.59 Å². The number of amides is 2. The van der Waals surface area contributed by atoms with Crippen LogP contribution in [0.15, 0.2) is 23.3 Å². The van der Waals surface area contributed by atoms with Crippen LogP contribution in [0.5, 0.6) is 5.75 Å². The molecule has 0 fully saturated rings. The summed E-state index contributed by atoms with van der Waals surface area (Å²) >= 11 is 0. The number of carbonyl (C=O) groups excluding carboxylic acids is 2. The second-order valence-electron chi connectivity index (χ2n) is 5.37. The van der Waals surface area contributed by atoms with Crippen LogP contribution in [0.1, 0.15) is 25.3 Å². The minimum atomic E-state index is -0.263. The average Bonchev–Trinajstić information content (AvgIpc) is 2.81.